The van der Waals surface area contributed by atoms with E-state index in [1.54, 1.807) is 11.3 Å². The van der Waals surface area contributed by atoms with Crippen molar-refractivity contribution in [1.82, 2.24) is 29.5 Å². The van der Waals surface area contributed by atoms with Gasteiger partial charge in [-0.1, -0.05) is 133 Å². The number of hydrogen-bond acceptors (Lipinski definition) is 7. The van der Waals surface area contributed by atoms with Gasteiger partial charge in [-0.25, -0.2) is 15.0 Å². The minimum atomic E-state index is 0.559. The molecule has 0 unspecified atom stereocenters. The topological polar surface area (TPSA) is 69.4 Å². The highest BCUT2D eigenvalue weighted by Crippen LogP contribution is 2.45. The van der Waals surface area contributed by atoms with E-state index in [-0.39, 0.29) is 0 Å². The molecule has 5 aromatic heterocycles. The van der Waals surface area contributed by atoms with E-state index >= 15 is 0 Å². The molecule has 0 saturated carbocycles. The van der Waals surface area contributed by atoms with Gasteiger partial charge in [0.15, 0.2) is 17.5 Å². The Hall–Kier alpha value is -7.13. The van der Waals surface area contributed by atoms with Crippen LogP contribution in [0.15, 0.2) is 170 Å². The number of thiophene rings is 2. The third-order valence-corrected chi connectivity index (χ3v) is 13.0. The van der Waals surface area contributed by atoms with Gasteiger partial charge in [0.2, 0.25) is 5.95 Å². The molecule has 0 aliphatic rings. The lowest BCUT2D eigenvalue weighted by molar-refractivity contribution is 0.953. The molecule has 12 rings (SSSR count). The van der Waals surface area contributed by atoms with E-state index in [1.165, 1.54) is 30.3 Å². The number of benzene rings is 7. The highest BCUT2D eigenvalue weighted by atomic mass is 32.1. The lowest BCUT2D eigenvalue weighted by atomic mass is 10.0. The van der Waals surface area contributed by atoms with Crippen LogP contribution in [-0.2, 0) is 0 Å². The van der Waals surface area contributed by atoms with E-state index < -0.39 is 0 Å². The zero-order chi connectivity index (χ0) is 37.5. The monoisotopic (exact) mass is 764 g/mol. The molecule has 0 bridgehead atoms. The van der Waals surface area contributed by atoms with Gasteiger partial charge in [0.25, 0.3) is 0 Å². The van der Waals surface area contributed by atoms with E-state index in [0.717, 1.165) is 60.0 Å². The molecule has 0 aliphatic heterocycles. The van der Waals surface area contributed by atoms with Gasteiger partial charge in [0.1, 0.15) is 4.83 Å². The standard InChI is InChI=1S/C49H28N6S2/c1-3-14-29(15-4-1)45-51-46(30-16-5-2-6-17-30)54-49(53-45)55-38-23-10-7-18-32(38)37-28-31(26-27-39(37)55)47-50-43(42-35-20-9-12-25-41(35)57-48(42)52-47)36-22-13-21-34-33-19-8-11-24-40(33)56-44(34)36/h1-28H. The van der Waals surface area contributed by atoms with Crippen molar-refractivity contribution in [3.8, 4) is 51.4 Å². The third kappa shape index (κ3) is 5.12. The maximum Gasteiger partial charge on any atom is 0.238 e. The summed E-state index contributed by atoms with van der Waals surface area (Å²) >= 11 is 3.55. The maximum absolute atomic E-state index is 5.49. The van der Waals surface area contributed by atoms with Crippen LogP contribution >= 0.6 is 22.7 Å². The van der Waals surface area contributed by atoms with Gasteiger partial charge in [-0.05, 0) is 36.4 Å². The summed E-state index contributed by atoms with van der Waals surface area (Å²) < 4.78 is 5.86. The Morgan fingerprint density at radius 3 is 1.74 bits per heavy atom. The van der Waals surface area contributed by atoms with Gasteiger partial charge in [0.05, 0.1) is 16.7 Å². The van der Waals surface area contributed by atoms with Crippen LogP contribution in [0.1, 0.15) is 0 Å². The normalized spacial score (nSPS) is 11.9. The second kappa shape index (κ2) is 12.7. The van der Waals surface area contributed by atoms with Crippen LogP contribution in [0.25, 0.3) is 114 Å². The lowest BCUT2D eigenvalue weighted by Gasteiger charge is -2.11. The fourth-order valence-corrected chi connectivity index (χ4v) is 10.4. The number of hydrogen-bond donors (Lipinski definition) is 0. The van der Waals surface area contributed by atoms with Crippen LogP contribution in [-0.4, -0.2) is 29.5 Å². The van der Waals surface area contributed by atoms with Crippen molar-refractivity contribution in [3.63, 3.8) is 0 Å². The Bertz CT molecular complexity index is 3470. The van der Waals surface area contributed by atoms with Crippen LogP contribution in [0.2, 0.25) is 0 Å². The summed E-state index contributed by atoms with van der Waals surface area (Å²) in [5.41, 5.74) is 6.88. The summed E-state index contributed by atoms with van der Waals surface area (Å²) in [6.07, 6.45) is 0. The molecule has 266 valence electrons. The Morgan fingerprint density at radius 2 is 0.982 bits per heavy atom. The third-order valence-electron chi connectivity index (χ3n) is 10.7. The molecule has 8 heteroatoms. The largest absolute Gasteiger partial charge is 0.278 e. The number of aromatic nitrogens is 6. The molecule has 12 aromatic rings. The van der Waals surface area contributed by atoms with Crippen LogP contribution in [0.4, 0.5) is 0 Å². The van der Waals surface area contributed by atoms with Crippen LogP contribution < -0.4 is 0 Å². The molecule has 0 aliphatic carbocycles. The van der Waals surface area contributed by atoms with E-state index in [2.05, 4.69) is 114 Å². The predicted molar refractivity (Wildman–Crippen MR) is 237 cm³/mol. The first kappa shape index (κ1) is 32.1. The van der Waals surface area contributed by atoms with Crippen molar-refractivity contribution >= 4 is 85.0 Å². The van der Waals surface area contributed by atoms with Gasteiger partial charge >= 0.3 is 0 Å². The number of rotatable bonds is 5. The molecule has 0 amide bonds. The summed E-state index contributed by atoms with van der Waals surface area (Å²) in [6, 6.07) is 59.0. The molecule has 7 aromatic carbocycles. The fourth-order valence-electron chi connectivity index (χ4n) is 8.11. The fraction of sp³-hybridized carbons (Fsp3) is 0. The first-order chi connectivity index (χ1) is 28.2. The van der Waals surface area contributed by atoms with Crippen LogP contribution in [0, 0.1) is 0 Å². The minimum absolute atomic E-state index is 0.559. The van der Waals surface area contributed by atoms with Crippen molar-refractivity contribution < 1.29 is 0 Å². The van der Waals surface area contributed by atoms with Crippen LogP contribution in [0.5, 0.6) is 0 Å². The molecule has 0 spiro atoms. The molecule has 0 fully saturated rings. The van der Waals surface area contributed by atoms with Crippen molar-refractivity contribution in [2.24, 2.45) is 0 Å². The van der Waals surface area contributed by atoms with E-state index in [9.17, 15) is 0 Å². The summed E-state index contributed by atoms with van der Waals surface area (Å²) in [6.45, 7) is 0. The molecule has 0 atom stereocenters. The quantitative estimate of drug-likeness (QED) is 0.175. The van der Waals surface area contributed by atoms with Crippen molar-refractivity contribution in [1.29, 1.82) is 0 Å². The average Bonchev–Trinajstić information content (AvgIpc) is 3.96. The molecule has 5 heterocycles. The van der Waals surface area contributed by atoms with Crippen molar-refractivity contribution in [2.75, 3.05) is 0 Å². The Kier molecular flexibility index (Phi) is 7.17. The zero-order valence-corrected chi connectivity index (χ0v) is 31.8. The minimum Gasteiger partial charge on any atom is -0.278 e. The Balaban J connectivity index is 1.09. The lowest BCUT2D eigenvalue weighted by Crippen LogP contribution is -2.06. The number of fused-ring (bicyclic) bond motifs is 9. The van der Waals surface area contributed by atoms with E-state index in [1.807, 2.05) is 72.0 Å². The highest BCUT2D eigenvalue weighted by molar-refractivity contribution is 7.26. The number of para-hydroxylation sites is 1. The SMILES string of the molecule is c1ccc(-c2nc(-c3ccccc3)nc(-n3c4ccccc4c4cc(-c5nc(-c6cccc7c6sc6ccccc67)c6c(n5)sc5ccccc56)ccc43)n2)cc1. The molecular weight excluding hydrogens is 737 g/mol. The summed E-state index contributed by atoms with van der Waals surface area (Å²) in [7, 11) is 0. The molecule has 0 radical (unpaired) electrons. The average molecular weight is 765 g/mol. The maximum atomic E-state index is 5.49. The molecule has 57 heavy (non-hydrogen) atoms. The molecule has 6 nitrogen and oxygen atoms in total. The summed E-state index contributed by atoms with van der Waals surface area (Å²) in [4.78, 5) is 26.9. The van der Waals surface area contributed by atoms with Crippen molar-refractivity contribution in [3.05, 3.63) is 170 Å². The van der Waals surface area contributed by atoms with Gasteiger partial charge < -0.3 is 0 Å². The van der Waals surface area contributed by atoms with Gasteiger partial charge in [-0.3, -0.25) is 4.57 Å². The van der Waals surface area contributed by atoms with Gasteiger partial charge in [-0.2, -0.15) is 9.97 Å². The Labute approximate surface area is 334 Å². The Morgan fingerprint density at radius 1 is 0.386 bits per heavy atom. The summed E-state index contributed by atoms with van der Waals surface area (Å²) in [5, 5.41) is 6.96. The predicted octanol–water partition coefficient (Wildman–Crippen LogP) is 13.2. The molecule has 0 saturated heterocycles. The second-order valence-electron chi connectivity index (χ2n) is 14.1. The number of nitrogens with zero attached hydrogens (tertiary/aromatic N) is 6. The molecular formula is C49H28N6S2. The van der Waals surface area contributed by atoms with Gasteiger partial charge in [0, 0.05) is 68.7 Å². The zero-order valence-electron chi connectivity index (χ0n) is 30.2. The second-order valence-corrected chi connectivity index (χ2v) is 16.1. The van der Waals surface area contributed by atoms with E-state index in [0.29, 0.717) is 23.4 Å². The van der Waals surface area contributed by atoms with E-state index in [4.69, 9.17) is 24.9 Å². The first-order valence-electron chi connectivity index (χ1n) is 18.8. The van der Waals surface area contributed by atoms with Crippen molar-refractivity contribution in [2.45, 2.75) is 0 Å². The van der Waals surface area contributed by atoms with Crippen LogP contribution in [0.3, 0.4) is 0 Å². The summed E-state index contributed by atoms with van der Waals surface area (Å²) in [5.74, 6) is 2.49. The van der Waals surface area contributed by atoms with Gasteiger partial charge in [-0.15, -0.1) is 22.7 Å². The molecule has 0 N–H and O–H groups in total. The smallest absolute Gasteiger partial charge is 0.238 e. The highest BCUT2D eigenvalue weighted by Gasteiger charge is 2.22. The first-order valence-corrected chi connectivity index (χ1v) is 20.4.